The molecule has 31 heavy (non-hydrogen) atoms. The first-order chi connectivity index (χ1) is 14.8. The first kappa shape index (κ1) is 26.8. The smallest absolute Gasteiger partial charge is 0.186 e. The van der Waals surface area contributed by atoms with Gasteiger partial charge in [0.1, 0.15) is 48.8 Å². The van der Waals surface area contributed by atoms with Crippen molar-refractivity contribution >= 4 is 0 Å². The molecule has 2 fully saturated rings. The summed E-state index contributed by atoms with van der Waals surface area (Å²) < 4.78 is 21.7. The van der Waals surface area contributed by atoms with Gasteiger partial charge in [0.2, 0.25) is 0 Å². The summed E-state index contributed by atoms with van der Waals surface area (Å²) in [4.78, 5) is 0. The summed E-state index contributed by atoms with van der Waals surface area (Å²) in [7, 11) is 0. The lowest BCUT2D eigenvalue weighted by Crippen LogP contribution is -2.61. The number of hydrogen-bond donors (Lipinski definition) is 7. The SMILES string of the molecule is CCCCCCCCO[C@H]1O[C@H](CO[C@H]2O[C@H](CO)[C@@H](O)[C@H](O)[C@H]2O)[C@@H](O)[C@H](O)[C@H]1O. The molecule has 2 aliphatic heterocycles. The van der Waals surface area contributed by atoms with Gasteiger partial charge < -0.3 is 54.7 Å². The Labute approximate surface area is 182 Å². The van der Waals surface area contributed by atoms with E-state index in [9.17, 15) is 35.7 Å². The van der Waals surface area contributed by atoms with E-state index in [0.717, 1.165) is 32.1 Å². The summed E-state index contributed by atoms with van der Waals surface area (Å²) in [5.41, 5.74) is 0. The Hall–Kier alpha value is -0.440. The molecule has 0 saturated carbocycles. The van der Waals surface area contributed by atoms with Crippen LogP contribution in [0.3, 0.4) is 0 Å². The standard InChI is InChI=1S/C20H38O11/c1-2-3-4-5-6-7-8-28-19-17(26)16(25)14(23)12(31-19)10-29-20-18(27)15(24)13(22)11(9-21)30-20/h11-27H,2-10H2,1H3/t11-,12-,13-,14-,15+,16+,17-,18-,19+,20+/m1/s1. The van der Waals surface area contributed by atoms with Crippen LogP contribution >= 0.6 is 0 Å². The summed E-state index contributed by atoms with van der Waals surface area (Å²) in [5, 5.41) is 69.3. The zero-order valence-electron chi connectivity index (χ0n) is 17.9. The molecule has 2 heterocycles. The van der Waals surface area contributed by atoms with Crippen LogP contribution in [0, 0.1) is 0 Å². The van der Waals surface area contributed by atoms with Crippen LogP contribution in [0.4, 0.5) is 0 Å². The number of aliphatic hydroxyl groups excluding tert-OH is 7. The van der Waals surface area contributed by atoms with E-state index in [-0.39, 0.29) is 6.61 Å². The van der Waals surface area contributed by atoms with E-state index in [1.807, 2.05) is 0 Å². The number of hydrogen-bond acceptors (Lipinski definition) is 11. The van der Waals surface area contributed by atoms with E-state index in [1.54, 1.807) is 0 Å². The minimum Gasteiger partial charge on any atom is -0.394 e. The zero-order valence-corrected chi connectivity index (χ0v) is 17.9. The van der Waals surface area contributed by atoms with Crippen LogP contribution in [0.2, 0.25) is 0 Å². The van der Waals surface area contributed by atoms with E-state index in [4.69, 9.17) is 18.9 Å². The number of rotatable bonds is 12. The second-order valence-electron chi connectivity index (χ2n) is 8.18. The predicted molar refractivity (Wildman–Crippen MR) is 106 cm³/mol. The second kappa shape index (κ2) is 13.3. The maximum atomic E-state index is 10.2. The summed E-state index contributed by atoms with van der Waals surface area (Å²) >= 11 is 0. The molecule has 2 aliphatic rings. The van der Waals surface area contributed by atoms with Gasteiger partial charge in [-0.15, -0.1) is 0 Å². The molecule has 2 saturated heterocycles. The fourth-order valence-electron chi connectivity index (χ4n) is 3.67. The van der Waals surface area contributed by atoms with Gasteiger partial charge in [-0.1, -0.05) is 39.0 Å². The summed E-state index contributed by atoms with van der Waals surface area (Å²) in [6.07, 6.45) is -7.70. The molecule has 0 aromatic heterocycles. The number of unbranched alkanes of at least 4 members (excludes halogenated alkanes) is 5. The van der Waals surface area contributed by atoms with Crippen LogP contribution in [0.15, 0.2) is 0 Å². The summed E-state index contributed by atoms with van der Waals surface area (Å²) in [6, 6.07) is 0. The van der Waals surface area contributed by atoms with Crippen LogP contribution in [-0.2, 0) is 18.9 Å². The van der Waals surface area contributed by atoms with Crippen molar-refractivity contribution in [1.82, 2.24) is 0 Å². The monoisotopic (exact) mass is 454 g/mol. The highest BCUT2D eigenvalue weighted by Crippen LogP contribution is 2.26. The van der Waals surface area contributed by atoms with Gasteiger partial charge in [-0.3, -0.25) is 0 Å². The van der Waals surface area contributed by atoms with Crippen molar-refractivity contribution in [3.05, 3.63) is 0 Å². The maximum absolute atomic E-state index is 10.2. The Kier molecular flexibility index (Phi) is 11.5. The molecule has 0 unspecified atom stereocenters. The minimum atomic E-state index is -1.60. The van der Waals surface area contributed by atoms with Crippen LogP contribution in [0.5, 0.6) is 0 Å². The highest BCUT2D eigenvalue weighted by Gasteiger charge is 2.47. The van der Waals surface area contributed by atoms with Crippen LogP contribution in [0.1, 0.15) is 45.4 Å². The quantitative estimate of drug-likeness (QED) is 0.162. The Balaban J connectivity index is 1.83. The molecule has 11 nitrogen and oxygen atoms in total. The van der Waals surface area contributed by atoms with Crippen molar-refractivity contribution in [2.75, 3.05) is 19.8 Å². The van der Waals surface area contributed by atoms with Crippen LogP contribution < -0.4 is 0 Å². The molecule has 0 aromatic carbocycles. The Morgan fingerprint density at radius 1 is 0.613 bits per heavy atom. The first-order valence-corrected chi connectivity index (χ1v) is 11.0. The fraction of sp³-hybridized carbons (Fsp3) is 1.00. The predicted octanol–water partition coefficient (Wildman–Crippen LogP) is -2.01. The van der Waals surface area contributed by atoms with E-state index in [0.29, 0.717) is 6.61 Å². The molecule has 0 aliphatic carbocycles. The molecule has 184 valence electrons. The maximum Gasteiger partial charge on any atom is 0.186 e. The lowest BCUT2D eigenvalue weighted by atomic mass is 9.98. The number of aliphatic hydroxyl groups is 7. The van der Waals surface area contributed by atoms with E-state index >= 15 is 0 Å². The topological polar surface area (TPSA) is 179 Å². The van der Waals surface area contributed by atoms with Crippen LogP contribution in [0.25, 0.3) is 0 Å². The van der Waals surface area contributed by atoms with Crippen molar-refractivity contribution in [2.45, 2.75) is 107 Å². The van der Waals surface area contributed by atoms with E-state index < -0.39 is 68.0 Å². The van der Waals surface area contributed by atoms with Crippen molar-refractivity contribution in [3.8, 4) is 0 Å². The third-order valence-electron chi connectivity index (χ3n) is 5.72. The van der Waals surface area contributed by atoms with Gasteiger partial charge in [-0.2, -0.15) is 0 Å². The molecule has 0 bridgehead atoms. The molecule has 0 radical (unpaired) electrons. The molecule has 10 atom stereocenters. The molecule has 2 rings (SSSR count). The Morgan fingerprint density at radius 2 is 1.13 bits per heavy atom. The molecule has 7 N–H and O–H groups in total. The third-order valence-corrected chi connectivity index (χ3v) is 5.72. The average Bonchev–Trinajstić information content (AvgIpc) is 2.77. The average molecular weight is 455 g/mol. The molecule has 0 aromatic rings. The zero-order chi connectivity index (χ0) is 23.0. The molecule has 11 heteroatoms. The van der Waals surface area contributed by atoms with Crippen molar-refractivity contribution in [1.29, 1.82) is 0 Å². The van der Waals surface area contributed by atoms with Crippen LogP contribution in [-0.4, -0.2) is 117 Å². The molecule has 0 amide bonds. The van der Waals surface area contributed by atoms with Gasteiger partial charge in [0, 0.05) is 6.61 Å². The van der Waals surface area contributed by atoms with Crippen molar-refractivity contribution in [3.63, 3.8) is 0 Å². The second-order valence-corrected chi connectivity index (χ2v) is 8.18. The summed E-state index contributed by atoms with van der Waals surface area (Å²) in [6.45, 7) is 1.48. The van der Waals surface area contributed by atoms with Gasteiger partial charge in [-0.05, 0) is 6.42 Å². The third kappa shape index (κ3) is 7.27. The van der Waals surface area contributed by atoms with Gasteiger partial charge in [0.15, 0.2) is 12.6 Å². The lowest BCUT2D eigenvalue weighted by Gasteiger charge is -2.42. The first-order valence-electron chi connectivity index (χ1n) is 11.0. The normalized spacial score (nSPS) is 41.4. The highest BCUT2D eigenvalue weighted by atomic mass is 16.7. The van der Waals surface area contributed by atoms with Gasteiger partial charge in [0.05, 0.1) is 13.2 Å². The minimum absolute atomic E-state index is 0.316. The molecule has 0 spiro atoms. The lowest BCUT2D eigenvalue weighted by molar-refractivity contribution is -0.331. The Bertz CT molecular complexity index is 494. The molecular weight excluding hydrogens is 416 g/mol. The molecular formula is C20H38O11. The van der Waals surface area contributed by atoms with Gasteiger partial charge in [-0.25, -0.2) is 0 Å². The van der Waals surface area contributed by atoms with Crippen molar-refractivity contribution in [2.24, 2.45) is 0 Å². The largest absolute Gasteiger partial charge is 0.394 e. The highest BCUT2D eigenvalue weighted by molar-refractivity contribution is 4.91. The van der Waals surface area contributed by atoms with E-state index in [2.05, 4.69) is 6.92 Å². The Morgan fingerprint density at radius 3 is 1.74 bits per heavy atom. The van der Waals surface area contributed by atoms with Crippen molar-refractivity contribution < 1.29 is 54.7 Å². The van der Waals surface area contributed by atoms with Gasteiger partial charge >= 0.3 is 0 Å². The fourth-order valence-corrected chi connectivity index (χ4v) is 3.67. The summed E-state index contributed by atoms with van der Waals surface area (Å²) in [5.74, 6) is 0. The number of ether oxygens (including phenoxy) is 4. The van der Waals surface area contributed by atoms with Gasteiger partial charge in [0.25, 0.3) is 0 Å². The van der Waals surface area contributed by atoms with E-state index in [1.165, 1.54) is 6.42 Å².